The zero-order valence-electron chi connectivity index (χ0n) is 14.4. The van der Waals surface area contributed by atoms with E-state index >= 15 is 0 Å². The van der Waals surface area contributed by atoms with Gasteiger partial charge in [0.2, 0.25) is 15.9 Å². The van der Waals surface area contributed by atoms with Crippen LogP contribution in [0.15, 0.2) is 29.2 Å². The number of primary sulfonamides is 1. The number of benzene rings is 1. The molecular formula is C18H23N3O3S2. The van der Waals surface area contributed by atoms with Gasteiger partial charge >= 0.3 is 0 Å². The Morgan fingerprint density at radius 2 is 1.54 bits per heavy atom. The van der Waals surface area contributed by atoms with Gasteiger partial charge in [-0.1, -0.05) is 0 Å². The van der Waals surface area contributed by atoms with Gasteiger partial charge in [-0.25, -0.2) is 13.6 Å². The number of hydrogen-bond acceptors (Lipinski definition) is 4. The molecule has 4 aliphatic rings. The number of sulfonamides is 1. The molecule has 4 fully saturated rings. The van der Waals surface area contributed by atoms with Gasteiger partial charge in [0.1, 0.15) is 0 Å². The standard InChI is InChI=1S/C18H23N3O3S2/c19-26(23,24)15-3-1-14(2-4-15)20-17(25)21-16(22)18-8-11-5-12(9-18)7-13(6-11)10-18/h1-4,11-13H,5-10H2,(H2,19,23,24)(H2,20,21,22,25). The average molecular weight is 394 g/mol. The second kappa shape index (κ2) is 6.28. The van der Waals surface area contributed by atoms with Crippen LogP contribution in [-0.4, -0.2) is 19.4 Å². The third kappa shape index (κ3) is 3.37. The zero-order chi connectivity index (χ0) is 18.5. The Labute approximate surface area is 159 Å². The first-order chi connectivity index (χ1) is 12.2. The molecule has 4 N–H and O–H groups in total. The highest BCUT2D eigenvalue weighted by Crippen LogP contribution is 2.60. The molecule has 6 nitrogen and oxygen atoms in total. The molecular weight excluding hydrogens is 370 g/mol. The maximum absolute atomic E-state index is 12.9. The van der Waals surface area contributed by atoms with Crippen molar-refractivity contribution in [3.63, 3.8) is 0 Å². The number of anilines is 1. The maximum atomic E-state index is 12.9. The lowest BCUT2D eigenvalue weighted by Gasteiger charge is -2.55. The topological polar surface area (TPSA) is 101 Å². The molecule has 1 aromatic rings. The van der Waals surface area contributed by atoms with E-state index in [-0.39, 0.29) is 21.3 Å². The molecule has 0 atom stereocenters. The summed E-state index contributed by atoms with van der Waals surface area (Å²) in [5.41, 5.74) is 0.353. The van der Waals surface area contributed by atoms with Crippen molar-refractivity contribution in [1.29, 1.82) is 0 Å². The smallest absolute Gasteiger partial charge is 0.238 e. The quantitative estimate of drug-likeness (QED) is 0.685. The Hall–Kier alpha value is -1.51. The van der Waals surface area contributed by atoms with Gasteiger partial charge in [-0.3, -0.25) is 4.79 Å². The van der Waals surface area contributed by atoms with E-state index in [9.17, 15) is 13.2 Å². The largest absolute Gasteiger partial charge is 0.332 e. The van der Waals surface area contributed by atoms with Gasteiger partial charge in [0.05, 0.1) is 10.3 Å². The summed E-state index contributed by atoms with van der Waals surface area (Å²) in [4.78, 5) is 13.0. The summed E-state index contributed by atoms with van der Waals surface area (Å²) in [6.07, 6.45) is 6.80. The maximum Gasteiger partial charge on any atom is 0.238 e. The number of carbonyl (C=O) groups excluding carboxylic acids is 1. The van der Waals surface area contributed by atoms with Crippen molar-refractivity contribution < 1.29 is 13.2 Å². The summed E-state index contributed by atoms with van der Waals surface area (Å²) >= 11 is 5.29. The van der Waals surface area contributed by atoms with Gasteiger partial charge < -0.3 is 10.6 Å². The lowest BCUT2D eigenvalue weighted by atomic mass is 9.49. The van der Waals surface area contributed by atoms with E-state index in [0.29, 0.717) is 23.4 Å². The number of nitrogens with one attached hydrogen (secondary N) is 2. The van der Waals surface area contributed by atoms with E-state index in [2.05, 4.69) is 10.6 Å². The highest BCUT2D eigenvalue weighted by molar-refractivity contribution is 7.89. The lowest BCUT2D eigenvalue weighted by molar-refractivity contribution is -0.144. The van der Waals surface area contributed by atoms with Crippen LogP contribution in [0.1, 0.15) is 38.5 Å². The normalized spacial score (nSPS) is 32.3. The van der Waals surface area contributed by atoms with E-state index in [1.165, 1.54) is 31.4 Å². The number of thiocarbonyl (C=S) groups is 1. The summed E-state index contributed by atoms with van der Waals surface area (Å²) < 4.78 is 22.6. The van der Waals surface area contributed by atoms with Crippen molar-refractivity contribution in [2.75, 3.05) is 5.32 Å². The van der Waals surface area contributed by atoms with Gasteiger partial charge in [-0.15, -0.1) is 0 Å². The van der Waals surface area contributed by atoms with Crippen LogP contribution < -0.4 is 15.8 Å². The molecule has 0 heterocycles. The Morgan fingerprint density at radius 1 is 1.04 bits per heavy atom. The molecule has 0 saturated heterocycles. The van der Waals surface area contributed by atoms with Crippen molar-refractivity contribution in [3.8, 4) is 0 Å². The predicted octanol–water partition coefficient (Wildman–Crippen LogP) is 2.36. The predicted molar refractivity (Wildman–Crippen MR) is 103 cm³/mol. The van der Waals surface area contributed by atoms with E-state index in [4.69, 9.17) is 17.4 Å². The minimum atomic E-state index is -3.72. The fourth-order valence-electron chi connectivity index (χ4n) is 5.51. The summed E-state index contributed by atoms with van der Waals surface area (Å²) in [5, 5.41) is 11.1. The molecule has 4 saturated carbocycles. The SMILES string of the molecule is NS(=O)(=O)c1ccc(NC(=S)NC(=O)C23CC4CC(CC(C4)C2)C3)cc1. The van der Waals surface area contributed by atoms with Crippen molar-refractivity contribution in [2.24, 2.45) is 28.3 Å². The molecule has 140 valence electrons. The first kappa shape index (κ1) is 17.9. The van der Waals surface area contributed by atoms with Crippen LogP contribution in [0.2, 0.25) is 0 Å². The van der Waals surface area contributed by atoms with Gasteiger partial charge in [-0.2, -0.15) is 0 Å². The van der Waals surface area contributed by atoms with Crippen LogP contribution in [0.3, 0.4) is 0 Å². The number of hydrogen-bond donors (Lipinski definition) is 3. The van der Waals surface area contributed by atoms with Gasteiger partial charge in [0, 0.05) is 5.69 Å². The van der Waals surface area contributed by atoms with Crippen LogP contribution in [-0.2, 0) is 14.8 Å². The average Bonchev–Trinajstić information content (AvgIpc) is 2.53. The molecule has 0 unspecified atom stereocenters. The van der Waals surface area contributed by atoms with Gasteiger partial charge in [0.25, 0.3) is 0 Å². The van der Waals surface area contributed by atoms with Crippen molar-refractivity contribution in [3.05, 3.63) is 24.3 Å². The minimum Gasteiger partial charge on any atom is -0.332 e. The second-order valence-corrected chi connectivity index (χ2v) is 10.1. The molecule has 4 bridgehead atoms. The number of rotatable bonds is 3. The Bertz CT molecular complexity index is 814. The monoisotopic (exact) mass is 393 g/mol. The molecule has 5 rings (SSSR count). The molecule has 0 spiro atoms. The molecule has 0 aromatic heterocycles. The number of nitrogens with two attached hydrogens (primary N) is 1. The molecule has 4 aliphatic carbocycles. The summed E-state index contributed by atoms with van der Waals surface area (Å²) in [6, 6.07) is 5.95. The first-order valence-corrected chi connectivity index (χ1v) is 10.9. The summed E-state index contributed by atoms with van der Waals surface area (Å²) in [7, 11) is -3.72. The van der Waals surface area contributed by atoms with Crippen molar-refractivity contribution in [2.45, 2.75) is 43.4 Å². The van der Waals surface area contributed by atoms with Crippen LogP contribution >= 0.6 is 12.2 Å². The third-order valence-electron chi connectivity index (χ3n) is 6.19. The van der Waals surface area contributed by atoms with E-state index in [1.807, 2.05) is 0 Å². The Balaban J connectivity index is 1.40. The van der Waals surface area contributed by atoms with Gasteiger partial charge in [0.15, 0.2) is 5.11 Å². The van der Waals surface area contributed by atoms with E-state index < -0.39 is 10.0 Å². The molecule has 1 amide bonds. The molecule has 0 radical (unpaired) electrons. The molecule has 0 aliphatic heterocycles. The highest BCUT2D eigenvalue weighted by Gasteiger charge is 2.54. The molecule has 8 heteroatoms. The number of amides is 1. The molecule has 1 aromatic carbocycles. The van der Waals surface area contributed by atoms with Crippen molar-refractivity contribution in [1.82, 2.24) is 5.32 Å². The van der Waals surface area contributed by atoms with Crippen LogP contribution in [0, 0.1) is 23.2 Å². The van der Waals surface area contributed by atoms with E-state index in [0.717, 1.165) is 19.3 Å². The Kier molecular flexibility index (Phi) is 4.32. The number of carbonyl (C=O) groups is 1. The highest BCUT2D eigenvalue weighted by atomic mass is 32.2. The summed E-state index contributed by atoms with van der Waals surface area (Å²) in [5.74, 6) is 2.12. The zero-order valence-corrected chi connectivity index (χ0v) is 16.0. The second-order valence-electron chi connectivity index (χ2n) is 8.18. The fraction of sp³-hybridized carbons (Fsp3) is 0.556. The summed E-state index contributed by atoms with van der Waals surface area (Å²) in [6.45, 7) is 0. The van der Waals surface area contributed by atoms with Crippen LogP contribution in [0.4, 0.5) is 5.69 Å². The lowest BCUT2D eigenvalue weighted by Crippen LogP contribution is -2.55. The van der Waals surface area contributed by atoms with Crippen LogP contribution in [0.25, 0.3) is 0 Å². The van der Waals surface area contributed by atoms with Crippen molar-refractivity contribution >= 4 is 38.9 Å². The first-order valence-electron chi connectivity index (χ1n) is 8.99. The van der Waals surface area contributed by atoms with Gasteiger partial charge in [-0.05, 0) is 92.8 Å². The fourth-order valence-corrected chi connectivity index (χ4v) is 6.24. The van der Waals surface area contributed by atoms with E-state index in [1.54, 1.807) is 12.1 Å². The third-order valence-corrected chi connectivity index (χ3v) is 7.32. The minimum absolute atomic E-state index is 0.0339. The Morgan fingerprint density at radius 3 is 2.00 bits per heavy atom. The molecule has 26 heavy (non-hydrogen) atoms. The van der Waals surface area contributed by atoms with Crippen LogP contribution in [0.5, 0.6) is 0 Å².